The van der Waals surface area contributed by atoms with E-state index in [1.165, 1.54) is 22.7 Å². The molecule has 3 unspecified atom stereocenters. The van der Waals surface area contributed by atoms with Crippen LogP contribution in [0.5, 0.6) is 0 Å². The maximum Gasteiger partial charge on any atom is 0.267 e. The van der Waals surface area contributed by atoms with E-state index in [2.05, 4.69) is 34.7 Å². The minimum atomic E-state index is -0.174. The minimum Gasteiger partial charge on any atom is -0.349 e. The smallest absolute Gasteiger partial charge is 0.267 e. The van der Waals surface area contributed by atoms with Crippen molar-refractivity contribution in [1.29, 1.82) is 0 Å². The number of carbonyl (C=O) groups excluding carboxylic acids is 2. The molecule has 0 aliphatic heterocycles. The summed E-state index contributed by atoms with van der Waals surface area (Å²) in [4.78, 5) is 29.8. The van der Waals surface area contributed by atoms with Crippen molar-refractivity contribution < 1.29 is 9.59 Å². The second-order valence-corrected chi connectivity index (χ2v) is 8.89. The van der Waals surface area contributed by atoms with Gasteiger partial charge in [0, 0.05) is 5.38 Å². The van der Waals surface area contributed by atoms with Crippen molar-refractivity contribution in [2.24, 2.45) is 11.8 Å². The molecule has 7 heteroatoms. The van der Waals surface area contributed by atoms with Crippen LogP contribution >= 0.6 is 22.7 Å². The summed E-state index contributed by atoms with van der Waals surface area (Å²) < 4.78 is 0. The number of hydrogen-bond acceptors (Lipinski definition) is 5. The Kier molecular flexibility index (Phi) is 5.54. The van der Waals surface area contributed by atoms with Crippen molar-refractivity contribution in [1.82, 2.24) is 10.3 Å². The van der Waals surface area contributed by atoms with E-state index in [0.717, 1.165) is 12.0 Å². The zero-order valence-electron chi connectivity index (χ0n) is 15.4. The van der Waals surface area contributed by atoms with E-state index in [1.807, 2.05) is 35.0 Å². The zero-order valence-corrected chi connectivity index (χ0v) is 17.1. The van der Waals surface area contributed by atoms with Gasteiger partial charge in [-0.1, -0.05) is 43.3 Å². The second kappa shape index (κ2) is 8.24. The highest BCUT2D eigenvalue weighted by Crippen LogP contribution is 2.46. The second-order valence-electron chi connectivity index (χ2n) is 7.08. The van der Waals surface area contributed by atoms with Crippen molar-refractivity contribution in [3.8, 4) is 0 Å². The van der Waals surface area contributed by atoms with Gasteiger partial charge >= 0.3 is 0 Å². The fourth-order valence-electron chi connectivity index (χ4n) is 3.31. The SMILES string of the molecule is CC1CC1C(NC(=O)Cc1csc(NC(=O)c2cccs2)n1)c1ccccc1. The molecule has 5 nitrogen and oxygen atoms in total. The first-order valence-electron chi connectivity index (χ1n) is 9.23. The first-order valence-corrected chi connectivity index (χ1v) is 11.0. The summed E-state index contributed by atoms with van der Waals surface area (Å²) in [5, 5.41) is 10.2. The largest absolute Gasteiger partial charge is 0.349 e. The van der Waals surface area contributed by atoms with Gasteiger partial charge in [0.25, 0.3) is 5.91 Å². The molecule has 1 aliphatic carbocycles. The molecule has 3 aromatic rings. The summed E-state index contributed by atoms with van der Waals surface area (Å²) in [6, 6.07) is 13.8. The summed E-state index contributed by atoms with van der Waals surface area (Å²) in [7, 11) is 0. The summed E-state index contributed by atoms with van der Waals surface area (Å²) >= 11 is 2.71. The van der Waals surface area contributed by atoms with E-state index in [1.54, 1.807) is 6.07 Å². The third-order valence-electron chi connectivity index (χ3n) is 4.93. The molecule has 0 bridgehead atoms. The lowest BCUT2D eigenvalue weighted by Gasteiger charge is -2.19. The van der Waals surface area contributed by atoms with Crippen LogP contribution in [0.2, 0.25) is 0 Å². The molecule has 2 aromatic heterocycles. The van der Waals surface area contributed by atoms with Crippen LogP contribution in [0.15, 0.2) is 53.2 Å². The Balaban J connectivity index is 1.37. The molecule has 0 spiro atoms. The lowest BCUT2D eigenvalue weighted by atomic mass is 10.0. The van der Waals surface area contributed by atoms with E-state index < -0.39 is 0 Å². The Morgan fingerprint density at radius 2 is 1.96 bits per heavy atom. The number of aromatic nitrogens is 1. The molecule has 1 aliphatic rings. The number of rotatable bonds is 7. The number of nitrogens with one attached hydrogen (secondary N) is 2. The van der Waals surface area contributed by atoms with Gasteiger partial charge in [0.2, 0.25) is 5.91 Å². The van der Waals surface area contributed by atoms with Crippen LogP contribution in [0, 0.1) is 11.8 Å². The predicted octanol–water partition coefficient (Wildman–Crippen LogP) is 4.51. The van der Waals surface area contributed by atoms with Gasteiger partial charge in [-0.3, -0.25) is 14.9 Å². The molecule has 1 saturated carbocycles. The average molecular weight is 412 g/mol. The number of nitrogens with zero attached hydrogens (tertiary/aromatic N) is 1. The van der Waals surface area contributed by atoms with Crippen molar-refractivity contribution >= 4 is 39.6 Å². The third-order valence-corrected chi connectivity index (χ3v) is 6.61. The van der Waals surface area contributed by atoms with Gasteiger partial charge in [-0.05, 0) is 35.3 Å². The van der Waals surface area contributed by atoms with E-state index >= 15 is 0 Å². The van der Waals surface area contributed by atoms with E-state index in [9.17, 15) is 9.59 Å². The van der Waals surface area contributed by atoms with Crippen molar-refractivity contribution in [2.45, 2.75) is 25.8 Å². The van der Waals surface area contributed by atoms with Crippen molar-refractivity contribution in [2.75, 3.05) is 5.32 Å². The maximum absolute atomic E-state index is 12.6. The molecule has 28 heavy (non-hydrogen) atoms. The van der Waals surface area contributed by atoms with Crippen LogP contribution in [0.25, 0.3) is 0 Å². The Bertz CT molecular complexity index is 953. The van der Waals surface area contributed by atoms with Gasteiger partial charge in [0.1, 0.15) is 0 Å². The van der Waals surface area contributed by atoms with Crippen LogP contribution in [0.3, 0.4) is 0 Å². The van der Waals surface area contributed by atoms with E-state index in [0.29, 0.717) is 27.5 Å². The van der Waals surface area contributed by atoms with Gasteiger partial charge < -0.3 is 5.32 Å². The Morgan fingerprint density at radius 3 is 2.64 bits per heavy atom. The van der Waals surface area contributed by atoms with Gasteiger partial charge in [0.05, 0.1) is 23.0 Å². The first kappa shape index (κ1) is 18.8. The van der Waals surface area contributed by atoms with Crippen LogP contribution in [-0.2, 0) is 11.2 Å². The number of thiazole rings is 1. The number of amides is 2. The molecule has 2 N–H and O–H groups in total. The highest BCUT2D eigenvalue weighted by Gasteiger charge is 2.40. The molecule has 2 amide bonds. The maximum atomic E-state index is 12.6. The van der Waals surface area contributed by atoms with Gasteiger partial charge in [0.15, 0.2) is 5.13 Å². The van der Waals surface area contributed by atoms with Gasteiger partial charge in [-0.2, -0.15) is 0 Å². The van der Waals surface area contributed by atoms with Crippen LogP contribution in [0.1, 0.15) is 40.3 Å². The molecular formula is C21H21N3O2S2. The molecule has 0 saturated heterocycles. The molecule has 4 rings (SSSR count). The van der Waals surface area contributed by atoms with Gasteiger partial charge in [-0.25, -0.2) is 4.98 Å². The Hall–Kier alpha value is -2.51. The zero-order chi connectivity index (χ0) is 19.5. The number of thiophene rings is 1. The average Bonchev–Trinajstić information content (AvgIpc) is 3.07. The fourth-order valence-corrected chi connectivity index (χ4v) is 4.64. The standard InChI is InChI=1S/C21H21N3O2S2/c1-13-10-16(13)19(14-6-3-2-4-7-14)23-18(25)11-15-12-28-21(22-15)24-20(26)17-8-5-9-27-17/h2-9,12-13,16,19H,10-11H2,1H3,(H,23,25)(H,22,24,26). The molecule has 1 aromatic carbocycles. The molecular weight excluding hydrogens is 390 g/mol. The minimum absolute atomic E-state index is 0.0420. The molecule has 1 fully saturated rings. The topological polar surface area (TPSA) is 71.1 Å². The van der Waals surface area contributed by atoms with Gasteiger partial charge in [-0.15, -0.1) is 22.7 Å². The van der Waals surface area contributed by atoms with Crippen LogP contribution < -0.4 is 10.6 Å². The molecule has 144 valence electrons. The molecule has 2 heterocycles. The normalized spacial score (nSPS) is 19.0. The highest BCUT2D eigenvalue weighted by atomic mass is 32.1. The number of anilines is 1. The Morgan fingerprint density at radius 1 is 1.18 bits per heavy atom. The molecule has 0 radical (unpaired) electrons. The van der Waals surface area contributed by atoms with E-state index in [4.69, 9.17) is 0 Å². The number of carbonyl (C=O) groups is 2. The first-order chi connectivity index (χ1) is 13.6. The summed E-state index contributed by atoms with van der Waals surface area (Å²) in [6.45, 7) is 2.22. The number of benzene rings is 1. The monoisotopic (exact) mass is 411 g/mol. The third kappa shape index (κ3) is 4.48. The predicted molar refractivity (Wildman–Crippen MR) is 113 cm³/mol. The Labute approximate surface area is 171 Å². The number of hydrogen-bond donors (Lipinski definition) is 2. The quantitative estimate of drug-likeness (QED) is 0.601. The highest BCUT2D eigenvalue weighted by molar-refractivity contribution is 7.14. The van der Waals surface area contributed by atoms with Crippen LogP contribution in [-0.4, -0.2) is 16.8 Å². The lowest BCUT2D eigenvalue weighted by molar-refractivity contribution is -0.121. The summed E-state index contributed by atoms with van der Waals surface area (Å²) in [6.07, 6.45) is 1.34. The van der Waals surface area contributed by atoms with Crippen molar-refractivity contribution in [3.63, 3.8) is 0 Å². The van der Waals surface area contributed by atoms with Crippen LogP contribution in [0.4, 0.5) is 5.13 Å². The molecule has 3 atom stereocenters. The van der Waals surface area contributed by atoms with E-state index in [-0.39, 0.29) is 24.3 Å². The lowest BCUT2D eigenvalue weighted by Crippen LogP contribution is -2.31. The summed E-state index contributed by atoms with van der Waals surface area (Å²) in [5.41, 5.74) is 1.81. The van der Waals surface area contributed by atoms with Crippen molar-refractivity contribution in [3.05, 3.63) is 69.4 Å². The fraction of sp³-hybridized carbons (Fsp3) is 0.286. The summed E-state index contributed by atoms with van der Waals surface area (Å²) in [5.74, 6) is 0.896.